The summed E-state index contributed by atoms with van der Waals surface area (Å²) in [6.07, 6.45) is 0. The lowest BCUT2D eigenvalue weighted by Crippen LogP contribution is -2.58. The highest BCUT2D eigenvalue weighted by molar-refractivity contribution is 9.09. The summed E-state index contributed by atoms with van der Waals surface area (Å²) in [5.74, 6) is -0.603. The Balaban J connectivity index is 2.14. The van der Waals surface area contributed by atoms with E-state index >= 15 is 0 Å². The lowest BCUT2D eigenvalue weighted by molar-refractivity contribution is -0.145. The predicted molar refractivity (Wildman–Crippen MR) is 117 cm³/mol. The number of anilines is 1. The fourth-order valence-corrected chi connectivity index (χ4v) is 8.11. The van der Waals surface area contributed by atoms with E-state index in [1.807, 2.05) is 24.3 Å². The molecule has 1 aliphatic heterocycles. The first-order valence-electron chi connectivity index (χ1n) is 8.86. The van der Waals surface area contributed by atoms with Gasteiger partial charge in [0, 0.05) is 29.2 Å². The van der Waals surface area contributed by atoms with Crippen LogP contribution in [0, 0.1) is 0 Å². The number of ether oxygens (including phenoxy) is 1. The zero-order chi connectivity index (χ0) is 21.2. The van der Waals surface area contributed by atoms with Crippen LogP contribution in [-0.4, -0.2) is 50.8 Å². The van der Waals surface area contributed by atoms with E-state index in [1.165, 1.54) is 19.2 Å². The van der Waals surface area contributed by atoms with E-state index in [0.717, 1.165) is 10.6 Å². The van der Waals surface area contributed by atoms with Crippen LogP contribution in [-0.2, 0) is 23.6 Å². The van der Waals surface area contributed by atoms with Crippen molar-refractivity contribution in [2.75, 3.05) is 25.7 Å². The summed E-state index contributed by atoms with van der Waals surface area (Å²) in [7, 11) is -0.984. The van der Waals surface area contributed by atoms with Crippen LogP contribution in [0.3, 0.4) is 0 Å². The van der Waals surface area contributed by atoms with Gasteiger partial charge in [0.15, 0.2) is 15.4 Å². The van der Waals surface area contributed by atoms with E-state index < -0.39 is 31.4 Å². The van der Waals surface area contributed by atoms with Gasteiger partial charge in [0.1, 0.15) is 5.25 Å². The minimum atomic E-state index is -3.83. The summed E-state index contributed by atoms with van der Waals surface area (Å²) in [5.41, 5.74) is -0.705. The number of benzene rings is 2. The normalized spacial score (nSPS) is 24.5. The number of esters is 1. The van der Waals surface area contributed by atoms with Crippen molar-refractivity contribution in [2.24, 2.45) is 0 Å². The summed E-state index contributed by atoms with van der Waals surface area (Å²) >= 11 is 4.73. The molecule has 6 nitrogen and oxygen atoms in total. The van der Waals surface area contributed by atoms with Gasteiger partial charge in [-0.2, -0.15) is 0 Å². The van der Waals surface area contributed by atoms with Crippen molar-refractivity contribution in [2.45, 2.75) is 32.3 Å². The Hall–Kier alpha value is -1.55. The van der Waals surface area contributed by atoms with Crippen molar-refractivity contribution in [1.29, 1.82) is 0 Å². The quantitative estimate of drug-likeness (QED) is 0.340. The second kappa shape index (κ2) is 8.67. The molecule has 0 amide bonds. The molecule has 0 N–H and O–H groups in total. The molecule has 0 aliphatic carbocycles. The third kappa shape index (κ3) is 3.93. The molecule has 1 fully saturated rings. The van der Waals surface area contributed by atoms with Crippen LogP contribution < -0.4 is 4.90 Å². The zero-order valence-corrected chi connectivity index (χ0v) is 19.5. The van der Waals surface area contributed by atoms with Crippen molar-refractivity contribution in [3.63, 3.8) is 0 Å². The third-order valence-corrected chi connectivity index (χ3v) is 9.28. The monoisotopic (exact) mass is 499 g/mol. The molecule has 1 unspecified atom stereocenters. The molecule has 1 saturated heterocycles. The van der Waals surface area contributed by atoms with Crippen molar-refractivity contribution in [1.82, 2.24) is 0 Å². The van der Waals surface area contributed by atoms with Gasteiger partial charge in [0.2, 0.25) is 0 Å². The third-order valence-electron chi connectivity index (χ3n) is 5.11. The Morgan fingerprint density at radius 3 is 2.48 bits per heavy atom. The van der Waals surface area contributed by atoms with Gasteiger partial charge in [-0.25, -0.2) is 13.2 Å². The molecule has 0 saturated carbocycles. The average Bonchev–Trinajstić information content (AvgIpc) is 3.00. The SMILES string of the molecule is COSc1cccc(N2C[C@H](Br)C(S(=O)(=O)c3ccccc3)[C@@]2(C)C(=O)OC)c1. The Labute approximate surface area is 183 Å². The van der Waals surface area contributed by atoms with E-state index in [0.29, 0.717) is 6.54 Å². The van der Waals surface area contributed by atoms with Gasteiger partial charge < -0.3 is 13.8 Å². The second-order valence-corrected chi connectivity index (χ2v) is 11.0. The van der Waals surface area contributed by atoms with Gasteiger partial charge in [-0.3, -0.25) is 0 Å². The number of sulfone groups is 1. The summed E-state index contributed by atoms with van der Waals surface area (Å²) in [4.78, 5) is 15.3. The molecular formula is C20H22BrNO5S2. The summed E-state index contributed by atoms with van der Waals surface area (Å²) < 4.78 is 37.3. The molecule has 0 radical (unpaired) electrons. The first-order chi connectivity index (χ1) is 13.8. The van der Waals surface area contributed by atoms with Gasteiger partial charge in [-0.05, 0) is 37.3 Å². The number of carbonyl (C=O) groups is 1. The van der Waals surface area contributed by atoms with Gasteiger partial charge >= 0.3 is 5.97 Å². The summed E-state index contributed by atoms with van der Waals surface area (Å²) in [5, 5.41) is -1.04. The average molecular weight is 500 g/mol. The second-order valence-electron chi connectivity index (χ2n) is 6.79. The Kier molecular flexibility index (Phi) is 6.62. The summed E-state index contributed by atoms with van der Waals surface area (Å²) in [6, 6.07) is 15.6. The first kappa shape index (κ1) is 22.1. The maximum Gasteiger partial charge on any atom is 0.332 e. The molecule has 156 valence electrons. The van der Waals surface area contributed by atoms with Gasteiger partial charge in [0.25, 0.3) is 0 Å². The van der Waals surface area contributed by atoms with Crippen molar-refractivity contribution < 1.29 is 22.1 Å². The fourth-order valence-electron chi connectivity index (χ4n) is 3.82. The summed E-state index contributed by atoms with van der Waals surface area (Å²) in [6.45, 7) is 1.95. The Bertz CT molecular complexity index is 985. The predicted octanol–water partition coefficient (Wildman–Crippen LogP) is 3.70. The lowest BCUT2D eigenvalue weighted by Gasteiger charge is -2.37. The van der Waals surface area contributed by atoms with E-state index in [4.69, 9.17) is 8.92 Å². The minimum absolute atomic E-state index is 0.176. The molecule has 0 aromatic heterocycles. The smallest absolute Gasteiger partial charge is 0.332 e. The largest absolute Gasteiger partial charge is 0.467 e. The molecule has 1 aliphatic rings. The van der Waals surface area contributed by atoms with Crippen molar-refractivity contribution in [3.8, 4) is 0 Å². The number of hydrogen-bond acceptors (Lipinski definition) is 7. The highest BCUT2D eigenvalue weighted by Gasteiger charge is 2.61. The highest BCUT2D eigenvalue weighted by atomic mass is 79.9. The van der Waals surface area contributed by atoms with E-state index in [-0.39, 0.29) is 4.90 Å². The number of rotatable bonds is 6. The molecule has 9 heteroatoms. The molecule has 29 heavy (non-hydrogen) atoms. The number of hydrogen-bond donors (Lipinski definition) is 0. The van der Waals surface area contributed by atoms with Gasteiger partial charge in [0.05, 0.1) is 23.9 Å². The maximum absolute atomic E-state index is 13.5. The molecule has 3 rings (SSSR count). The van der Waals surface area contributed by atoms with Crippen LogP contribution in [0.4, 0.5) is 5.69 Å². The molecule has 1 heterocycles. The topological polar surface area (TPSA) is 72.9 Å². The minimum Gasteiger partial charge on any atom is -0.467 e. The van der Waals surface area contributed by atoms with E-state index in [9.17, 15) is 13.2 Å². The van der Waals surface area contributed by atoms with Gasteiger partial charge in [-0.1, -0.05) is 40.2 Å². The molecule has 3 atom stereocenters. The van der Waals surface area contributed by atoms with Crippen LogP contribution in [0.25, 0.3) is 0 Å². The Morgan fingerprint density at radius 2 is 1.86 bits per heavy atom. The van der Waals surface area contributed by atoms with E-state index in [1.54, 1.807) is 49.3 Å². The van der Waals surface area contributed by atoms with Crippen LogP contribution in [0.2, 0.25) is 0 Å². The Morgan fingerprint density at radius 1 is 1.17 bits per heavy atom. The van der Waals surface area contributed by atoms with Crippen LogP contribution in [0.1, 0.15) is 6.92 Å². The van der Waals surface area contributed by atoms with E-state index in [2.05, 4.69) is 15.9 Å². The van der Waals surface area contributed by atoms with Crippen LogP contribution in [0.15, 0.2) is 64.4 Å². The molecule has 0 bridgehead atoms. The maximum atomic E-state index is 13.5. The molecule has 2 aromatic carbocycles. The van der Waals surface area contributed by atoms with Crippen LogP contribution in [0.5, 0.6) is 0 Å². The molecular weight excluding hydrogens is 478 g/mol. The first-order valence-corrected chi connectivity index (χ1v) is 12.1. The van der Waals surface area contributed by atoms with Crippen LogP contribution >= 0.6 is 28.0 Å². The zero-order valence-electron chi connectivity index (χ0n) is 16.2. The number of nitrogens with zero attached hydrogens (tertiary/aromatic N) is 1. The fraction of sp³-hybridized carbons (Fsp3) is 0.350. The number of methoxy groups -OCH3 is 1. The number of alkyl halides is 1. The number of carbonyl (C=O) groups excluding carboxylic acids is 1. The molecule has 0 spiro atoms. The highest BCUT2D eigenvalue weighted by Crippen LogP contribution is 2.44. The molecule has 2 aromatic rings. The van der Waals surface area contributed by atoms with Crippen molar-refractivity contribution >= 4 is 49.5 Å². The number of halogens is 1. The van der Waals surface area contributed by atoms with Gasteiger partial charge in [-0.15, -0.1) is 0 Å². The lowest BCUT2D eigenvalue weighted by atomic mass is 9.97. The van der Waals surface area contributed by atoms with Crippen molar-refractivity contribution in [3.05, 3.63) is 54.6 Å². The standard InChI is InChI=1S/C20H22BrNO5S2/c1-20(19(23)26-2)18(29(24,25)16-10-5-4-6-11-16)17(21)13-22(20)14-8-7-9-15(12-14)28-27-3/h4-12,17-18H,13H2,1-3H3/t17-,18?,20-/m0/s1.